The number of urea groups is 1. The molecule has 10 heavy (non-hydrogen) atoms. The summed E-state index contributed by atoms with van der Waals surface area (Å²) in [7, 11) is 1.22. The fraction of sp³-hybridized carbons (Fsp3) is 0.400. The van der Waals surface area contributed by atoms with Crippen LogP contribution >= 0.6 is 0 Å². The Kier molecular flexibility index (Phi) is 2.91. The van der Waals surface area contributed by atoms with Crippen molar-refractivity contribution in [3.63, 3.8) is 0 Å². The predicted molar refractivity (Wildman–Crippen MR) is 32.6 cm³/mol. The van der Waals surface area contributed by atoms with Gasteiger partial charge >= 0.3 is 6.03 Å². The second-order valence-electron chi connectivity index (χ2n) is 1.63. The third-order valence-corrected chi connectivity index (χ3v) is 0.935. The molecule has 0 fully saturated rings. The SMILES string of the molecule is CN(C(N)=O)C(=O)CC#N. The lowest BCUT2D eigenvalue weighted by molar-refractivity contribution is -0.126. The number of carbonyl (C=O) groups excluding carboxylic acids is 2. The van der Waals surface area contributed by atoms with E-state index in [-0.39, 0.29) is 6.42 Å². The van der Waals surface area contributed by atoms with E-state index in [1.165, 1.54) is 7.05 Å². The minimum absolute atomic E-state index is 0.320. The van der Waals surface area contributed by atoms with Crippen molar-refractivity contribution < 1.29 is 9.59 Å². The molecule has 54 valence electrons. The van der Waals surface area contributed by atoms with E-state index in [2.05, 4.69) is 0 Å². The molecule has 5 heteroatoms. The molecule has 3 amide bonds. The summed E-state index contributed by atoms with van der Waals surface area (Å²) in [5.74, 6) is -0.588. The number of hydrogen-bond acceptors (Lipinski definition) is 3. The normalized spacial score (nSPS) is 8.00. The summed E-state index contributed by atoms with van der Waals surface area (Å²) < 4.78 is 0. The van der Waals surface area contributed by atoms with Crippen molar-refractivity contribution in [1.82, 2.24) is 4.90 Å². The first kappa shape index (κ1) is 8.43. The fourth-order valence-corrected chi connectivity index (χ4v) is 0.309. The molecule has 0 radical (unpaired) electrons. The first-order chi connectivity index (χ1) is 4.59. The van der Waals surface area contributed by atoms with Crippen molar-refractivity contribution in [1.29, 1.82) is 5.26 Å². The van der Waals surface area contributed by atoms with Crippen LogP contribution in [-0.4, -0.2) is 23.9 Å². The Hall–Kier alpha value is -1.57. The molecule has 0 aliphatic rings. The number of rotatable bonds is 1. The van der Waals surface area contributed by atoms with Crippen LogP contribution in [0, 0.1) is 11.3 Å². The number of carbonyl (C=O) groups is 2. The van der Waals surface area contributed by atoms with Gasteiger partial charge in [0.15, 0.2) is 0 Å². The standard InChI is InChI=1S/C5H7N3O2/c1-8(5(7)10)4(9)2-3-6/h2H2,1H3,(H2,7,10). The molecule has 0 aromatic rings. The van der Waals surface area contributed by atoms with Crippen molar-refractivity contribution in [3.05, 3.63) is 0 Å². The van der Waals surface area contributed by atoms with Gasteiger partial charge in [0.05, 0.1) is 6.07 Å². The third-order valence-electron chi connectivity index (χ3n) is 0.935. The third kappa shape index (κ3) is 2.13. The second kappa shape index (κ2) is 3.45. The van der Waals surface area contributed by atoms with Gasteiger partial charge in [-0.3, -0.25) is 9.69 Å². The first-order valence-electron chi connectivity index (χ1n) is 2.52. The molecule has 0 spiro atoms. The van der Waals surface area contributed by atoms with Crippen molar-refractivity contribution in [2.45, 2.75) is 6.42 Å². The molecule has 0 aromatic heterocycles. The van der Waals surface area contributed by atoms with Crippen LogP contribution in [0.1, 0.15) is 6.42 Å². The molecule has 0 rings (SSSR count). The van der Waals surface area contributed by atoms with Crippen LogP contribution in [0.4, 0.5) is 4.79 Å². The van der Waals surface area contributed by atoms with E-state index in [1.807, 2.05) is 0 Å². The van der Waals surface area contributed by atoms with Crippen molar-refractivity contribution >= 4 is 11.9 Å². The average molecular weight is 141 g/mol. The number of nitrogens with zero attached hydrogens (tertiary/aromatic N) is 2. The van der Waals surface area contributed by atoms with Gasteiger partial charge in [0.25, 0.3) is 0 Å². The molecular weight excluding hydrogens is 134 g/mol. The molecule has 5 nitrogen and oxygen atoms in total. The summed E-state index contributed by atoms with van der Waals surface area (Å²) in [6.45, 7) is 0. The fourth-order valence-electron chi connectivity index (χ4n) is 0.309. The monoisotopic (exact) mass is 141 g/mol. The Morgan fingerprint density at radius 1 is 1.70 bits per heavy atom. The highest BCUT2D eigenvalue weighted by molar-refractivity contribution is 5.94. The minimum Gasteiger partial charge on any atom is -0.351 e. The molecule has 0 unspecified atom stereocenters. The summed E-state index contributed by atoms with van der Waals surface area (Å²) in [5, 5.41) is 8.02. The smallest absolute Gasteiger partial charge is 0.321 e. The van der Waals surface area contributed by atoms with Gasteiger partial charge in [-0.05, 0) is 0 Å². The Balaban J connectivity index is 3.98. The van der Waals surface area contributed by atoms with Gasteiger partial charge in [-0.15, -0.1) is 0 Å². The lowest BCUT2D eigenvalue weighted by atomic mass is 10.4. The Morgan fingerprint density at radius 2 is 2.20 bits per heavy atom. The van der Waals surface area contributed by atoms with Crippen LogP contribution in [0.25, 0.3) is 0 Å². The number of primary amides is 1. The van der Waals surface area contributed by atoms with Crippen LogP contribution in [-0.2, 0) is 4.79 Å². The van der Waals surface area contributed by atoms with E-state index >= 15 is 0 Å². The van der Waals surface area contributed by atoms with Gasteiger partial charge in [0.1, 0.15) is 6.42 Å². The topological polar surface area (TPSA) is 87.2 Å². The Morgan fingerprint density at radius 3 is 2.50 bits per heavy atom. The van der Waals surface area contributed by atoms with E-state index in [0.29, 0.717) is 4.90 Å². The molecule has 2 N–H and O–H groups in total. The van der Waals surface area contributed by atoms with Crippen LogP contribution < -0.4 is 5.73 Å². The van der Waals surface area contributed by atoms with Gasteiger partial charge in [0, 0.05) is 7.05 Å². The highest BCUT2D eigenvalue weighted by atomic mass is 16.2. The zero-order valence-corrected chi connectivity index (χ0v) is 5.50. The molecule has 0 saturated carbocycles. The number of nitrogens with two attached hydrogens (primary N) is 1. The molecule has 0 aromatic carbocycles. The molecule has 0 saturated heterocycles. The Labute approximate surface area is 58.0 Å². The largest absolute Gasteiger partial charge is 0.351 e. The molecule has 0 aliphatic carbocycles. The zero-order valence-electron chi connectivity index (χ0n) is 5.50. The van der Waals surface area contributed by atoms with Crippen LogP contribution in [0.15, 0.2) is 0 Å². The van der Waals surface area contributed by atoms with Crippen LogP contribution in [0.3, 0.4) is 0 Å². The van der Waals surface area contributed by atoms with Gasteiger partial charge in [-0.2, -0.15) is 5.26 Å². The number of hydrogen-bond donors (Lipinski definition) is 1. The molecular formula is C5H7N3O2. The van der Waals surface area contributed by atoms with E-state index in [9.17, 15) is 9.59 Å². The quantitative estimate of drug-likeness (QED) is 0.530. The zero-order chi connectivity index (χ0) is 8.15. The Bertz CT molecular complexity index is 194. The van der Waals surface area contributed by atoms with Gasteiger partial charge < -0.3 is 5.73 Å². The van der Waals surface area contributed by atoms with E-state index in [4.69, 9.17) is 11.0 Å². The number of imide groups is 1. The summed E-state index contributed by atoms with van der Waals surface area (Å²) in [5.41, 5.74) is 4.72. The second-order valence-corrected chi connectivity index (χ2v) is 1.63. The average Bonchev–Trinajstić information content (AvgIpc) is 1.87. The van der Waals surface area contributed by atoms with Crippen molar-refractivity contribution in [2.75, 3.05) is 7.05 Å². The lowest BCUT2D eigenvalue weighted by Gasteiger charge is -2.08. The molecule has 0 atom stereocenters. The molecule has 0 bridgehead atoms. The minimum atomic E-state index is -0.847. The van der Waals surface area contributed by atoms with Gasteiger partial charge in [0.2, 0.25) is 5.91 Å². The predicted octanol–water partition coefficient (Wildman–Crippen LogP) is -0.563. The first-order valence-corrected chi connectivity index (χ1v) is 2.52. The number of amides is 3. The summed E-state index contributed by atoms with van der Waals surface area (Å²) in [4.78, 5) is 21.5. The van der Waals surface area contributed by atoms with Crippen LogP contribution in [0.2, 0.25) is 0 Å². The summed E-state index contributed by atoms with van der Waals surface area (Å²) in [6.07, 6.45) is -0.320. The summed E-state index contributed by atoms with van der Waals surface area (Å²) in [6, 6.07) is 0.757. The highest BCUT2D eigenvalue weighted by Crippen LogP contribution is 1.87. The van der Waals surface area contributed by atoms with Gasteiger partial charge in [-0.1, -0.05) is 0 Å². The molecule has 0 aliphatic heterocycles. The van der Waals surface area contributed by atoms with E-state index in [0.717, 1.165) is 0 Å². The van der Waals surface area contributed by atoms with E-state index in [1.54, 1.807) is 6.07 Å². The lowest BCUT2D eigenvalue weighted by Crippen LogP contribution is -2.36. The maximum Gasteiger partial charge on any atom is 0.321 e. The maximum atomic E-state index is 10.6. The van der Waals surface area contributed by atoms with E-state index < -0.39 is 11.9 Å². The van der Waals surface area contributed by atoms with Crippen LogP contribution in [0.5, 0.6) is 0 Å². The maximum absolute atomic E-state index is 10.6. The highest BCUT2D eigenvalue weighted by Gasteiger charge is 2.11. The summed E-state index contributed by atoms with van der Waals surface area (Å²) >= 11 is 0. The molecule has 0 heterocycles. The van der Waals surface area contributed by atoms with Crippen molar-refractivity contribution in [2.24, 2.45) is 5.73 Å². The van der Waals surface area contributed by atoms with Crippen molar-refractivity contribution in [3.8, 4) is 6.07 Å². The van der Waals surface area contributed by atoms with Gasteiger partial charge in [-0.25, -0.2) is 4.79 Å². The number of nitriles is 1.